The molecule has 1 aromatic carbocycles. The van der Waals surface area contributed by atoms with Gasteiger partial charge in [0, 0.05) is 0 Å². The zero-order chi connectivity index (χ0) is 15.8. The normalized spacial score (nSPS) is 32.3. The zero-order valence-electron chi connectivity index (χ0n) is 14.4. The minimum Gasteiger partial charge on any atom is -0.243 e. The van der Waals surface area contributed by atoms with Crippen LogP contribution >= 0.6 is 0 Å². The Morgan fingerprint density at radius 2 is 1.09 bits per heavy atom. The van der Waals surface area contributed by atoms with Crippen LogP contribution in [0.5, 0.6) is 0 Å². The largest absolute Gasteiger partial charge is 0.243 e. The third-order valence-corrected chi connectivity index (χ3v) is 6.39. The molecule has 2 aromatic rings. The quantitative estimate of drug-likeness (QED) is 0.702. The van der Waals surface area contributed by atoms with E-state index < -0.39 is 0 Å². The van der Waals surface area contributed by atoms with Gasteiger partial charge in [-0.25, -0.2) is 4.63 Å². The van der Waals surface area contributed by atoms with Gasteiger partial charge >= 0.3 is 0 Å². The van der Waals surface area contributed by atoms with E-state index in [0.717, 1.165) is 22.9 Å². The van der Waals surface area contributed by atoms with Crippen LogP contribution in [0.25, 0.3) is 11.0 Å². The lowest BCUT2D eigenvalue weighted by Gasteiger charge is -2.28. The van der Waals surface area contributed by atoms with E-state index in [1.165, 1.54) is 62.5 Å². The van der Waals surface area contributed by atoms with Gasteiger partial charge in [0.15, 0.2) is 0 Å². The number of benzene rings is 1. The molecular weight excluding hydrogens is 284 g/mol. The zero-order valence-corrected chi connectivity index (χ0v) is 14.4. The van der Waals surface area contributed by atoms with E-state index in [4.69, 9.17) is 4.63 Å². The Hall–Kier alpha value is -1.38. The molecule has 0 spiro atoms. The highest BCUT2D eigenvalue weighted by molar-refractivity contribution is 5.81. The summed E-state index contributed by atoms with van der Waals surface area (Å²) in [5.41, 5.74) is 4.84. The number of hydrogen-bond donors (Lipinski definition) is 0. The molecule has 0 radical (unpaired) electrons. The fraction of sp³-hybridized carbons (Fsp3) is 0.700. The van der Waals surface area contributed by atoms with Crippen molar-refractivity contribution < 1.29 is 4.63 Å². The highest BCUT2D eigenvalue weighted by Crippen LogP contribution is 2.42. The Labute approximate surface area is 138 Å². The maximum Gasteiger partial charge on any atom is 0.138 e. The molecule has 3 heteroatoms. The maximum atomic E-state index is 5.17. The molecule has 2 fully saturated rings. The molecule has 3 nitrogen and oxygen atoms in total. The minimum absolute atomic E-state index is 0.640. The Morgan fingerprint density at radius 1 is 0.696 bits per heavy atom. The van der Waals surface area contributed by atoms with Gasteiger partial charge < -0.3 is 0 Å². The molecule has 0 aliphatic heterocycles. The van der Waals surface area contributed by atoms with Crippen molar-refractivity contribution in [2.45, 2.75) is 77.0 Å². The topological polar surface area (TPSA) is 38.9 Å². The summed E-state index contributed by atoms with van der Waals surface area (Å²) < 4.78 is 5.17. The van der Waals surface area contributed by atoms with Crippen LogP contribution in [0.1, 0.15) is 88.2 Å². The predicted molar refractivity (Wildman–Crippen MR) is 92.6 cm³/mol. The molecule has 0 saturated heterocycles. The lowest BCUT2D eigenvalue weighted by Crippen LogP contribution is -2.13. The molecule has 4 rings (SSSR count). The highest BCUT2D eigenvalue weighted by atomic mass is 16.6. The van der Waals surface area contributed by atoms with E-state index in [-0.39, 0.29) is 0 Å². The highest BCUT2D eigenvalue weighted by Gasteiger charge is 2.27. The minimum atomic E-state index is 0.640. The maximum absolute atomic E-state index is 5.17. The standard InChI is InChI=1S/C20H28N2O/c1-13-3-7-15(8-4-13)17-11-12-18(20-19(17)21-23-22-20)16-9-5-14(2)6-10-16/h11-16H,3-10H2,1-2H3. The number of nitrogens with zero attached hydrogens (tertiary/aromatic N) is 2. The SMILES string of the molecule is CC1CCC(c2ccc(C3CCC(C)CC3)c3nonc23)CC1. The summed E-state index contributed by atoms with van der Waals surface area (Å²) in [6.07, 6.45) is 10.5. The molecule has 124 valence electrons. The molecule has 0 bridgehead atoms. The van der Waals surface area contributed by atoms with Gasteiger partial charge in [0.05, 0.1) is 0 Å². The van der Waals surface area contributed by atoms with Gasteiger partial charge in [0.2, 0.25) is 0 Å². The summed E-state index contributed by atoms with van der Waals surface area (Å²) in [6.45, 7) is 4.74. The third-order valence-electron chi connectivity index (χ3n) is 6.39. The summed E-state index contributed by atoms with van der Waals surface area (Å²) >= 11 is 0. The molecule has 2 aliphatic rings. The van der Waals surface area contributed by atoms with Gasteiger partial charge in [-0.1, -0.05) is 51.7 Å². The van der Waals surface area contributed by atoms with Gasteiger partial charge in [0.25, 0.3) is 0 Å². The molecule has 1 heterocycles. The number of fused-ring (bicyclic) bond motifs is 1. The average molecular weight is 312 g/mol. The fourth-order valence-electron chi connectivity index (χ4n) is 4.71. The van der Waals surface area contributed by atoms with Crippen molar-refractivity contribution in [1.82, 2.24) is 10.3 Å². The van der Waals surface area contributed by atoms with Gasteiger partial charge in [-0.2, -0.15) is 0 Å². The van der Waals surface area contributed by atoms with Crippen molar-refractivity contribution in [3.8, 4) is 0 Å². The van der Waals surface area contributed by atoms with E-state index in [9.17, 15) is 0 Å². The predicted octanol–water partition coefficient (Wildman–Crippen LogP) is 5.81. The van der Waals surface area contributed by atoms with Crippen molar-refractivity contribution in [3.05, 3.63) is 23.3 Å². The van der Waals surface area contributed by atoms with Gasteiger partial charge in [-0.3, -0.25) is 0 Å². The Morgan fingerprint density at radius 3 is 1.48 bits per heavy atom. The lowest BCUT2D eigenvalue weighted by atomic mass is 9.76. The first-order chi connectivity index (χ1) is 11.2. The molecule has 1 aromatic heterocycles. The fourth-order valence-corrected chi connectivity index (χ4v) is 4.71. The van der Waals surface area contributed by atoms with Crippen LogP contribution in [0.3, 0.4) is 0 Å². The van der Waals surface area contributed by atoms with Gasteiger partial charge in [-0.05, 0) is 70.8 Å². The van der Waals surface area contributed by atoms with Crippen LogP contribution in [-0.2, 0) is 0 Å². The van der Waals surface area contributed by atoms with Crippen LogP contribution in [0.4, 0.5) is 0 Å². The van der Waals surface area contributed by atoms with E-state index >= 15 is 0 Å². The smallest absolute Gasteiger partial charge is 0.138 e. The van der Waals surface area contributed by atoms with E-state index in [1.807, 2.05) is 0 Å². The lowest BCUT2D eigenvalue weighted by molar-refractivity contribution is 0.312. The van der Waals surface area contributed by atoms with Gasteiger partial charge in [-0.15, -0.1) is 0 Å². The second-order valence-electron chi connectivity index (χ2n) is 8.12. The second kappa shape index (κ2) is 6.26. The first-order valence-electron chi connectivity index (χ1n) is 9.47. The molecule has 23 heavy (non-hydrogen) atoms. The summed E-state index contributed by atoms with van der Waals surface area (Å²) in [7, 11) is 0. The van der Waals surface area contributed by atoms with Crippen LogP contribution in [0.2, 0.25) is 0 Å². The Kier molecular flexibility index (Phi) is 4.13. The second-order valence-corrected chi connectivity index (χ2v) is 8.12. The van der Waals surface area contributed by atoms with E-state index in [2.05, 4.69) is 36.3 Å². The van der Waals surface area contributed by atoms with E-state index in [0.29, 0.717) is 11.8 Å². The molecule has 0 unspecified atom stereocenters. The number of aromatic nitrogens is 2. The molecule has 2 saturated carbocycles. The van der Waals surface area contributed by atoms with Crippen LogP contribution in [-0.4, -0.2) is 10.3 Å². The molecule has 0 N–H and O–H groups in total. The third kappa shape index (κ3) is 2.90. The summed E-state index contributed by atoms with van der Waals surface area (Å²) in [5.74, 6) is 3.03. The van der Waals surface area contributed by atoms with Crippen molar-refractivity contribution in [2.75, 3.05) is 0 Å². The number of rotatable bonds is 2. The van der Waals surface area contributed by atoms with Crippen LogP contribution < -0.4 is 0 Å². The van der Waals surface area contributed by atoms with E-state index in [1.54, 1.807) is 0 Å². The molecule has 0 amide bonds. The van der Waals surface area contributed by atoms with Crippen LogP contribution in [0.15, 0.2) is 16.8 Å². The Bertz CT molecular complexity index is 605. The Balaban J connectivity index is 1.65. The van der Waals surface area contributed by atoms with Crippen molar-refractivity contribution >= 4 is 11.0 Å². The summed E-state index contributed by atoms with van der Waals surface area (Å²) in [5, 5.41) is 8.59. The summed E-state index contributed by atoms with van der Waals surface area (Å²) in [4.78, 5) is 0. The molecule has 2 aliphatic carbocycles. The first kappa shape index (κ1) is 15.2. The average Bonchev–Trinajstić information content (AvgIpc) is 3.05. The van der Waals surface area contributed by atoms with Crippen molar-refractivity contribution in [3.63, 3.8) is 0 Å². The molecular formula is C20H28N2O. The summed E-state index contributed by atoms with van der Waals surface area (Å²) in [6, 6.07) is 4.67. The van der Waals surface area contributed by atoms with Crippen molar-refractivity contribution in [1.29, 1.82) is 0 Å². The molecule has 0 atom stereocenters. The number of hydrogen-bond acceptors (Lipinski definition) is 3. The van der Waals surface area contributed by atoms with Crippen molar-refractivity contribution in [2.24, 2.45) is 11.8 Å². The van der Waals surface area contributed by atoms with Gasteiger partial charge in [0.1, 0.15) is 11.0 Å². The monoisotopic (exact) mass is 312 g/mol. The first-order valence-corrected chi connectivity index (χ1v) is 9.47. The van der Waals surface area contributed by atoms with Crippen LogP contribution in [0, 0.1) is 11.8 Å².